The number of aliphatic hydroxyl groups is 2. The molecule has 0 bridgehead atoms. The van der Waals surface area contributed by atoms with Crippen molar-refractivity contribution in [1.82, 2.24) is 0 Å². The molecule has 0 heterocycles. The van der Waals surface area contributed by atoms with E-state index in [1.165, 1.54) is 6.42 Å². The molecular weight excluding hydrogens is 164 g/mol. The van der Waals surface area contributed by atoms with E-state index in [9.17, 15) is 0 Å². The molecule has 0 rings (SSSR count). The van der Waals surface area contributed by atoms with Gasteiger partial charge in [0.25, 0.3) is 0 Å². The van der Waals surface area contributed by atoms with E-state index in [0.29, 0.717) is 6.61 Å². The first kappa shape index (κ1) is 15.4. The van der Waals surface area contributed by atoms with Gasteiger partial charge in [-0.05, 0) is 26.7 Å². The summed E-state index contributed by atoms with van der Waals surface area (Å²) in [6, 6.07) is 0. The molecular formula is C11H26O2. The highest BCUT2D eigenvalue weighted by Gasteiger charge is 2.08. The Labute approximate surface area is 83.0 Å². The second-order valence-electron chi connectivity index (χ2n) is 3.99. The van der Waals surface area contributed by atoms with Crippen molar-refractivity contribution < 1.29 is 10.2 Å². The summed E-state index contributed by atoms with van der Waals surface area (Å²) in [6.45, 7) is 8.20. The van der Waals surface area contributed by atoms with Crippen LogP contribution in [-0.2, 0) is 0 Å². The number of hydrogen-bond acceptors (Lipinski definition) is 2. The number of rotatable bonds is 5. The molecule has 0 spiro atoms. The molecule has 2 nitrogen and oxygen atoms in total. The molecule has 0 aromatic rings. The Morgan fingerprint density at radius 3 is 1.62 bits per heavy atom. The second-order valence-corrected chi connectivity index (χ2v) is 3.99. The zero-order valence-electron chi connectivity index (χ0n) is 9.64. The van der Waals surface area contributed by atoms with Crippen molar-refractivity contribution in [1.29, 1.82) is 0 Å². The summed E-state index contributed by atoms with van der Waals surface area (Å²) >= 11 is 0. The van der Waals surface area contributed by atoms with Crippen molar-refractivity contribution in [2.24, 2.45) is 0 Å². The molecule has 0 aliphatic carbocycles. The molecule has 2 N–H and O–H groups in total. The first-order chi connectivity index (χ1) is 5.97. The van der Waals surface area contributed by atoms with Gasteiger partial charge < -0.3 is 10.2 Å². The van der Waals surface area contributed by atoms with E-state index >= 15 is 0 Å². The smallest absolute Gasteiger partial charge is 0.0591 e. The van der Waals surface area contributed by atoms with Gasteiger partial charge in [0.1, 0.15) is 0 Å². The zero-order chi connectivity index (χ0) is 10.7. The monoisotopic (exact) mass is 190 g/mol. The van der Waals surface area contributed by atoms with E-state index in [0.717, 1.165) is 25.7 Å². The lowest BCUT2D eigenvalue weighted by Crippen LogP contribution is -2.16. The third kappa shape index (κ3) is 24.5. The van der Waals surface area contributed by atoms with Gasteiger partial charge in [-0.1, -0.05) is 33.1 Å². The molecule has 13 heavy (non-hydrogen) atoms. The molecule has 0 aromatic carbocycles. The summed E-state index contributed by atoms with van der Waals surface area (Å²) in [5.41, 5.74) is -0.450. The molecule has 0 fully saturated rings. The standard InChI is InChI=1S/C6H14O.C5H12O/c1-4-5-6(2,3)7;1-2-3-4-5-6/h7H,4-5H2,1-3H3;6H,2-5H2,1H3. The summed E-state index contributed by atoms with van der Waals surface area (Å²) in [5.74, 6) is 0. The molecule has 0 aliphatic rings. The highest BCUT2D eigenvalue weighted by atomic mass is 16.3. The molecule has 2 heteroatoms. The molecule has 0 saturated carbocycles. The zero-order valence-corrected chi connectivity index (χ0v) is 9.64. The quantitative estimate of drug-likeness (QED) is 0.654. The summed E-state index contributed by atoms with van der Waals surface area (Å²) < 4.78 is 0. The van der Waals surface area contributed by atoms with Crippen LogP contribution in [-0.4, -0.2) is 22.4 Å². The summed E-state index contributed by atoms with van der Waals surface area (Å²) in [7, 11) is 0. The van der Waals surface area contributed by atoms with Crippen molar-refractivity contribution >= 4 is 0 Å². The highest BCUT2D eigenvalue weighted by Crippen LogP contribution is 2.08. The van der Waals surface area contributed by atoms with Crippen molar-refractivity contribution in [2.45, 2.75) is 65.4 Å². The van der Waals surface area contributed by atoms with E-state index in [1.807, 2.05) is 13.8 Å². The van der Waals surface area contributed by atoms with Crippen molar-refractivity contribution in [3.63, 3.8) is 0 Å². The fourth-order valence-electron chi connectivity index (χ4n) is 0.974. The lowest BCUT2D eigenvalue weighted by molar-refractivity contribution is 0.0703. The summed E-state index contributed by atoms with van der Waals surface area (Å²) in [6.07, 6.45) is 5.28. The van der Waals surface area contributed by atoms with E-state index in [-0.39, 0.29) is 0 Å². The Hall–Kier alpha value is -0.0800. The Morgan fingerprint density at radius 2 is 1.54 bits per heavy atom. The van der Waals surface area contributed by atoms with E-state index < -0.39 is 5.60 Å². The second kappa shape index (κ2) is 10.0. The van der Waals surface area contributed by atoms with Gasteiger partial charge in [0.2, 0.25) is 0 Å². The molecule has 0 amide bonds. The van der Waals surface area contributed by atoms with Crippen LogP contribution in [0.1, 0.15) is 59.8 Å². The SMILES string of the molecule is CCCC(C)(C)O.CCCCCO. The average Bonchev–Trinajstić information content (AvgIpc) is 1.99. The lowest BCUT2D eigenvalue weighted by Gasteiger charge is -2.14. The van der Waals surface area contributed by atoms with Crippen LogP contribution < -0.4 is 0 Å². The molecule has 0 saturated heterocycles. The molecule has 82 valence electrons. The minimum absolute atomic E-state index is 0.355. The Bertz CT molecular complexity index is 80.6. The number of unbranched alkanes of at least 4 members (excludes halogenated alkanes) is 2. The van der Waals surface area contributed by atoms with Crippen molar-refractivity contribution in [3.8, 4) is 0 Å². The summed E-state index contributed by atoms with van der Waals surface area (Å²) in [5, 5.41) is 17.2. The Morgan fingerprint density at radius 1 is 1.00 bits per heavy atom. The maximum absolute atomic E-state index is 9.02. The maximum Gasteiger partial charge on any atom is 0.0591 e. The topological polar surface area (TPSA) is 40.5 Å². The number of hydrogen-bond donors (Lipinski definition) is 2. The van der Waals surface area contributed by atoms with Gasteiger partial charge in [-0.3, -0.25) is 0 Å². The van der Waals surface area contributed by atoms with Crippen LogP contribution >= 0.6 is 0 Å². The van der Waals surface area contributed by atoms with Crippen LogP contribution in [0.5, 0.6) is 0 Å². The van der Waals surface area contributed by atoms with Gasteiger partial charge in [-0.25, -0.2) is 0 Å². The van der Waals surface area contributed by atoms with Crippen LogP contribution in [0.2, 0.25) is 0 Å². The van der Waals surface area contributed by atoms with Crippen LogP contribution in [0.15, 0.2) is 0 Å². The van der Waals surface area contributed by atoms with E-state index in [2.05, 4.69) is 13.8 Å². The van der Waals surface area contributed by atoms with Crippen LogP contribution in [0.25, 0.3) is 0 Å². The minimum Gasteiger partial charge on any atom is -0.396 e. The molecule has 0 aromatic heterocycles. The Balaban J connectivity index is 0. The first-order valence-electron chi connectivity index (χ1n) is 5.31. The maximum atomic E-state index is 9.02. The van der Waals surface area contributed by atoms with Gasteiger partial charge in [-0.15, -0.1) is 0 Å². The molecule has 0 radical (unpaired) electrons. The van der Waals surface area contributed by atoms with Crippen LogP contribution in [0.3, 0.4) is 0 Å². The first-order valence-corrected chi connectivity index (χ1v) is 5.31. The van der Waals surface area contributed by atoms with Gasteiger partial charge in [0.05, 0.1) is 5.60 Å². The molecule has 0 atom stereocenters. The minimum atomic E-state index is -0.450. The van der Waals surface area contributed by atoms with Crippen molar-refractivity contribution in [3.05, 3.63) is 0 Å². The van der Waals surface area contributed by atoms with Crippen LogP contribution in [0.4, 0.5) is 0 Å². The molecule has 0 unspecified atom stereocenters. The van der Waals surface area contributed by atoms with Crippen LogP contribution in [0, 0.1) is 0 Å². The van der Waals surface area contributed by atoms with Gasteiger partial charge in [0.15, 0.2) is 0 Å². The largest absolute Gasteiger partial charge is 0.396 e. The third-order valence-corrected chi connectivity index (χ3v) is 1.62. The normalized spacial score (nSPS) is 10.6. The molecule has 0 aliphatic heterocycles. The third-order valence-electron chi connectivity index (χ3n) is 1.62. The van der Waals surface area contributed by atoms with Crippen molar-refractivity contribution in [2.75, 3.05) is 6.61 Å². The highest BCUT2D eigenvalue weighted by molar-refractivity contribution is 4.61. The van der Waals surface area contributed by atoms with E-state index in [1.54, 1.807) is 0 Å². The van der Waals surface area contributed by atoms with E-state index in [4.69, 9.17) is 10.2 Å². The number of aliphatic hydroxyl groups excluding tert-OH is 1. The fourth-order valence-corrected chi connectivity index (χ4v) is 0.974. The fraction of sp³-hybridized carbons (Fsp3) is 1.00. The average molecular weight is 190 g/mol. The predicted octanol–water partition coefficient (Wildman–Crippen LogP) is 2.73. The van der Waals surface area contributed by atoms with Gasteiger partial charge in [0, 0.05) is 6.61 Å². The predicted molar refractivity (Wildman–Crippen MR) is 57.8 cm³/mol. The Kier molecular flexibility index (Phi) is 11.8. The lowest BCUT2D eigenvalue weighted by atomic mass is 10.0. The van der Waals surface area contributed by atoms with Gasteiger partial charge in [-0.2, -0.15) is 0 Å². The van der Waals surface area contributed by atoms with Gasteiger partial charge >= 0.3 is 0 Å². The summed E-state index contributed by atoms with van der Waals surface area (Å²) in [4.78, 5) is 0.